The lowest BCUT2D eigenvalue weighted by atomic mass is 9.99. The van der Waals surface area contributed by atoms with Crippen molar-refractivity contribution in [3.8, 4) is 0 Å². The summed E-state index contributed by atoms with van der Waals surface area (Å²) >= 11 is 0. The van der Waals surface area contributed by atoms with Crippen LogP contribution in [0.5, 0.6) is 0 Å². The van der Waals surface area contributed by atoms with Crippen molar-refractivity contribution in [3.05, 3.63) is 0 Å². The molecule has 2 nitrogen and oxygen atoms in total. The van der Waals surface area contributed by atoms with Gasteiger partial charge in [0, 0.05) is 6.42 Å². The van der Waals surface area contributed by atoms with Gasteiger partial charge in [-0.15, -0.1) is 0 Å². The van der Waals surface area contributed by atoms with Gasteiger partial charge in [-0.3, -0.25) is 4.79 Å². The maximum atomic E-state index is 11.0. The topological polar surface area (TPSA) is 26.3 Å². The van der Waals surface area contributed by atoms with Crippen LogP contribution in [0, 0.1) is 5.92 Å². The second kappa shape index (κ2) is 11.0. The van der Waals surface area contributed by atoms with Crippen molar-refractivity contribution in [2.24, 2.45) is 5.92 Å². The third kappa shape index (κ3) is 10.0. The molecule has 0 saturated carbocycles. The summed E-state index contributed by atoms with van der Waals surface area (Å²) in [6.07, 6.45) is 11.1. The zero-order chi connectivity index (χ0) is 12.2. The third-order valence-corrected chi connectivity index (χ3v) is 3.04. The van der Waals surface area contributed by atoms with Crippen molar-refractivity contribution < 1.29 is 9.53 Å². The van der Waals surface area contributed by atoms with E-state index in [4.69, 9.17) is 0 Å². The van der Waals surface area contributed by atoms with E-state index in [9.17, 15) is 4.79 Å². The number of carbonyl (C=O) groups is 1. The molecule has 0 amide bonds. The number of unbranched alkanes of at least 4 members (excludes halogenated alkanes) is 6. The monoisotopic (exact) mass is 228 g/mol. The van der Waals surface area contributed by atoms with E-state index in [0.29, 0.717) is 12.3 Å². The van der Waals surface area contributed by atoms with Crippen LogP contribution in [0.3, 0.4) is 0 Å². The number of hydrogen-bond acceptors (Lipinski definition) is 2. The summed E-state index contributed by atoms with van der Waals surface area (Å²) in [5.41, 5.74) is 0. The number of rotatable bonds is 10. The van der Waals surface area contributed by atoms with Crippen LogP contribution in [-0.4, -0.2) is 13.1 Å². The molecule has 0 aliphatic carbocycles. The van der Waals surface area contributed by atoms with Crippen LogP contribution in [0.25, 0.3) is 0 Å². The largest absolute Gasteiger partial charge is 0.469 e. The quantitative estimate of drug-likeness (QED) is 0.411. The van der Waals surface area contributed by atoms with E-state index in [2.05, 4.69) is 18.6 Å². The van der Waals surface area contributed by atoms with Gasteiger partial charge in [0.1, 0.15) is 0 Å². The van der Waals surface area contributed by atoms with Gasteiger partial charge in [0.2, 0.25) is 0 Å². The Labute approximate surface area is 101 Å². The first-order valence-electron chi connectivity index (χ1n) is 6.77. The Bertz CT molecular complexity index is 166. The average Bonchev–Trinajstić information content (AvgIpc) is 2.27. The SMILES string of the molecule is CCCCCCCCC[C@H](C)CC(=O)OC. The van der Waals surface area contributed by atoms with Gasteiger partial charge >= 0.3 is 5.97 Å². The summed E-state index contributed by atoms with van der Waals surface area (Å²) in [6, 6.07) is 0. The van der Waals surface area contributed by atoms with Crippen molar-refractivity contribution in [3.63, 3.8) is 0 Å². The van der Waals surface area contributed by atoms with Gasteiger partial charge < -0.3 is 4.74 Å². The average molecular weight is 228 g/mol. The Morgan fingerprint density at radius 3 is 2.19 bits per heavy atom. The van der Waals surface area contributed by atoms with Gasteiger partial charge in [0.15, 0.2) is 0 Å². The van der Waals surface area contributed by atoms with Gasteiger partial charge in [-0.25, -0.2) is 0 Å². The molecule has 0 N–H and O–H groups in total. The Balaban J connectivity index is 3.21. The molecule has 0 aromatic rings. The summed E-state index contributed by atoms with van der Waals surface area (Å²) in [7, 11) is 1.46. The minimum absolute atomic E-state index is 0.0737. The number of hydrogen-bond donors (Lipinski definition) is 0. The predicted molar refractivity (Wildman–Crippen MR) is 68.4 cm³/mol. The van der Waals surface area contributed by atoms with Crippen molar-refractivity contribution in [2.75, 3.05) is 7.11 Å². The zero-order valence-corrected chi connectivity index (χ0v) is 11.3. The maximum Gasteiger partial charge on any atom is 0.305 e. The van der Waals surface area contributed by atoms with E-state index in [1.807, 2.05) is 0 Å². The smallest absolute Gasteiger partial charge is 0.305 e. The molecule has 0 radical (unpaired) electrons. The molecule has 0 aromatic carbocycles. The lowest BCUT2D eigenvalue weighted by Gasteiger charge is -2.09. The molecule has 0 bridgehead atoms. The number of ether oxygens (including phenoxy) is 1. The number of esters is 1. The Morgan fingerprint density at radius 2 is 1.62 bits per heavy atom. The van der Waals surface area contributed by atoms with Gasteiger partial charge in [-0.1, -0.05) is 65.2 Å². The first-order valence-corrected chi connectivity index (χ1v) is 6.77. The molecular formula is C14H28O2. The minimum Gasteiger partial charge on any atom is -0.469 e. The van der Waals surface area contributed by atoms with Crippen molar-refractivity contribution in [2.45, 2.75) is 71.6 Å². The number of carbonyl (C=O) groups excluding carboxylic acids is 1. The molecule has 0 aliphatic heterocycles. The predicted octanol–water partition coefficient (Wildman–Crippen LogP) is 4.33. The first-order chi connectivity index (χ1) is 7.70. The fourth-order valence-electron chi connectivity index (χ4n) is 1.92. The fraction of sp³-hybridized carbons (Fsp3) is 0.929. The van der Waals surface area contributed by atoms with E-state index in [-0.39, 0.29) is 5.97 Å². The van der Waals surface area contributed by atoms with Crippen LogP contribution in [0.15, 0.2) is 0 Å². The van der Waals surface area contributed by atoms with E-state index in [1.54, 1.807) is 0 Å². The molecule has 0 spiro atoms. The van der Waals surface area contributed by atoms with E-state index >= 15 is 0 Å². The Hall–Kier alpha value is -0.530. The van der Waals surface area contributed by atoms with E-state index in [1.165, 1.54) is 52.1 Å². The molecule has 96 valence electrons. The molecular weight excluding hydrogens is 200 g/mol. The van der Waals surface area contributed by atoms with Crippen LogP contribution in [0.1, 0.15) is 71.6 Å². The molecule has 0 unspecified atom stereocenters. The maximum absolute atomic E-state index is 11.0. The van der Waals surface area contributed by atoms with Crippen LogP contribution in [0.4, 0.5) is 0 Å². The molecule has 0 fully saturated rings. The Kier molecular flexibility index (Phi) is 10.6. The highest BCUT2D eigenvalue weighted by molar-refractivity contribution is 5.69. The minimum atomic E-state index is -0.0737. The van der Waals surface area contributed by atoms with Crippen molar-refractivity contribution in [1.29, 1.82) is 0 Å². The summed E-state index contributed by atoms with van der Waals surface area (Å²) in [4.78, 5) is 11.0. The Morgan fingerprint density at radius 1 is 1.06 bits per heavy atom. The lowest BCUT2D eigenvalue weighted by Crippen LogP contribution is -2.06. The summed E-state index contributed by atoms with van der Waals surface area (Å²) in [5.74, 6) is 0.401. The highest BCUT2D eigenvalue weighted by atomic mass is 16.5. The summed E-state index contributed by atoms with van der Waals surface area (Å²) in [5, 5.41) is 0. The molecule has 1 atom stereocenters. The highest BCUT2D eigenvalue weighted by Gasteiger charge is 2.08. The second-order valence-electron chi connectivity index (χ2n) is 4.80. The third-order valence-electron chi connectivity index (χ3n) is 3.04. The fourth-order valence-corrected chi connectivity index (χ4v) is 1.92. The summed E-state index contributed by atoms with van der Waals surface area (Å²) in [6.45, 7) is 4.38. The number of methoxy groups -OCH3 is 1. The standard InChI is InChI=1S/C14H28O2/c1-4-5-6-7-8-9-10-11-13(2)12-14(15)16-3/h13H,4-12H2,1-3H3/t13-/m0/s1. The highest BCUT2D eigenvalue weighted by Crippen LogP contribution is 2.15. The van der Waals surface area contributed by atoms with Gasteiger partial charge in [0.25, 0.3) is 0 Å². The molecule has 0 aliphatic rings. The summed E-state index contributed by atoms with van der Waals surface area (Å²) < 4.78 is 4.65. The molecule has 0 aromatic heterocycles. The van der Waals surface area contributed by atoms with Crippen LogP contribution >= 0.6 is 0 Å². The second-order valence-corrected chi connectivity index (χ2v) is 4.80. The van der Waals surface area contributed by atoms with Gasteiger partial charge in [-0.2, -0.15) is 0 Å². The van der Waals surface area contributed by atoms with Crippen molar-refractivity contribution >= 4 is 5.97 Å². The molecule has 0 saturated heterocycles. The van der Waals surface area contributed by atoms with Crippen LogP contribution in [-0.2, 0) is 9.53 Å². The van der Waals surface area contributed by atoms with Gasteiger partial charge in [0.05, 0.1) is 7.11 Å². The van der Waals surface area contributed by atoms with E-state index < -0.39 is 0 Å². The molecule has 0 heterocycles. The van der Waals surface area contributed by atoms with Crippen molar-refractivity contribution in [1.82, 2.24) is 0 Å². The molecule has 2 heteroatoms. The van der Waals surface area contributed by atoms with E-state index in [0.717, 1.165) is 6.42 Å². The molecule has 16 heavy (non-hydrogen) atoms. The molecule has 0 rings (SSSR count). The zero-order valence-electron chi connectivity index (χ0n) is 11.3. The first kappa shape index (κ1) is 15.5. The van der Waals surface area contributed by atoms with Crippen LogP contribution in [0.2, 0.25) is 0 Å². The normalized spacial score (nSPS) is 12.4. The van der Waals surface area contributed by atoms with Crippen LogP contribution < -0.4 is 0 Å². The lowest BCUT2D eigenvalue weighted by molar-refractivity contribution is -0.141. The van der Waals surface area contributed by atoms with Gasteiger partial charge in [-0.05, 0) is 5.92 Å².